The lowest BCUT2D eigenvalue weighted by Crippen LogP contribution is -2.56. The van der Waals surface area contributed by atoms with Crippen molar-refractivity contribution in [3.63, 3.8) is 0 Å². The van der Waals surface area contributed by atoms with Crippen molar-refractivity contribution < 1.29 is 9.84 Å². The summed E-state index contributed by atoms with van der Waals surface area (Å²) < 4.78 is 5.42. The summed E-state index contributed by atoms with van der Waals surface area (Å²) in [7, 11) is 0. The van der Waals surface area contributed by atoms with Gasteiger partial charge in [0.15, 0.2) is 0 Å². The van der Waals surface area contributed by atoms with E-state index in [1.807, 2.05) is 12.1 Å². The van der Waals surface area contributed by atoms with Crippen LogP contribution in [0.15, 0.2) is 18.2 Å². The Kier molecular flexibility index (Phi) is 4.32. The topological polar surface area (TPSA) is 69.4 Å². The van der Waals surface area contributed by atoms with Gasteiger partial charge in [-0.15, -0.1) is 0 Å². The molecule has 2 aliphatic heterocycles. The van der Waals surface area contributed by atoms with E-state index in [9.17, 15) is 5.11 Å². The predicted molar refractivity (Wildman–Crippen MR) is 83.4 cm³/mol. The van der Waals surface area contributed by atoms with Crippen molar-refractivity contribution in [3.8, 4) is 6.07 Å². The van der Waals surface area contributed by atoms with E-state index < -0.39 is 5.60 Å². The molecule has 0 spiro atoms. The van der Waals surface area contributed by atoms with Crippen molar-refractivity contribution in [1.82, 2.24) is 4.98 Å². The second kappa shape index (κ2) is 6.23. The van der Waals surface area contributed by atoms with Crippen LogP contribution in [0.2, 0.25) is 0 Å². The van der Waals surface area contributed by atoms with Gasteiger partial charge in [0.25, 0.3) is 0 Å². The van der Waals surface area contributed by atoms with Crippen LogP contribution >= 0.6 is 0 Å². The van der Waals surface area contributed by atoms with E-state index in [0.717, 1.165) is 51.4 Å². The number of nitrogens with zero attached hydrogens (tertiary/aromatic N) is 3. The molecule has 118 valence electrons. The zero-order valence-corrected chi connectivity index (χ0v) is 13.0. The fourth-order valence-corrected chi connectivity index (χ4v) is 3.81. The second-order valence-corrected chi connectivity index (χ2v) is 6.47. The first-order valence-electron chi connectivity index (χ1n) is 8.05. The summed E-state index contributed by atoms with van der Waals surface area (Å²) in [5, 5.41) is 20.2. The van der Waals surface area contributed by atoms with E-state index in [0.29, 0.717) is 11.6 Å². The molecule has 3 rings (SSSR count). The Morgan fingerprint density at radius 2 is 2.18 bits per heavy atom. The molecule has 0 bridgehead atoms. The fraction of sp³-hybridized carbons (Fsp3) is 0.647. The normalized spacial score (nSPS) is 30.0. The molecule has 2 aliphatic rings. The molecular formula is C17H23N3O2. The molecule has 1 unspecified atom stereocenters. The fourth-order valence-electron chi connectivity index (χ4n) is 3.81. The Labute approximate surface area is 131 Å². The van der Waals surface area contributed by atoms with Crippen molar-refractivity contribution in [2.45, 2.75) is 31.8 Å². The maximum atomic E-state index is 11.2. The van der Waals surface area contributed by atoms with Gasteiger partial charge in [-0.05, 0) is 37.3 Å². The zero-order valence-electron chi connectivity index (χ0n) is 13.0. The van der Waals surface area contributed by atoms with Gasteiger partial charge in [-0.2, -0.15) is 5.26 Å². The smallest absolute Gasteiger partial charge is 0.142 e. The molecule has 2 atom stereocenters. The first kappa shape index (κ1) is 15.3. The largest absolute Gasteiger partial charge is 0.389 e. The van der Waals surface area contributed by atoms with Crippen molar-refractivity contribution >= 4 is 5.82 Å². The molecule has 22 heavy (non-hydrogen) atoms. The molecule has 5 nitrogen and oxygen atoms in total. The molecule has 3 heterocycles. The molecule has 0 saturated carbocycles. The van der Waals surface area contributed by atoms with E-state index in [4.69, 9.17) is 10.00 Å². The lowest BCUT2D eigenvalue weighted by molar-refractivity contribution is -0.108. The minimum Gasteiger partial charge on any atom is -0.389 e. The molecule has 0 aliphatic carbocycles. The number of piperidine rings is 1. The van der Waals surface area contributed by atoms with E-state index in [2.05, 4.69) is 22.9 Å². The van der Waals surface area contributed by atoms with E-state index in [1.54, 1.807) is 6.07 Å². The Morgan fingerprint density at radius 3 is 2.86 bits per heavy atom. The highest BCUT2D eigenvalue weighted by atomic mass is 16.5. The van der Waals surface area contributed by atoms with Gasteiger partial charge in [0.2, 0.25) is 0 Å². The summed E-state index contributed by atoms with van der Waals surface area (Å²) in [6.07, 6.45) is 2.64. The van der Waals surface area contributed by atoms with Gasteiger partial charge in [-0.25, -0.2) is 4.98 Å². The molecule has 2 fully saturated rings. The van der Waals surface area contributed by atoms with E-state index in [-0.39, 0.29) is 5.92 Å². The van der Waals surface area contributed by atoms with Crippen LogP contribution in [-0.2, 0) is 4.74 Å². The minimum atomic E-state index is -0.604. The Hall–Kier alpha value is -1.64. The molecule has 2 saturated heterocycles. The summed E-state index contributed by atoms with van der Waals surface area (Å²) in [6, 6.07) is 7.60. The van der Waals surface area contributed by atoms with Crippen LogP contribution in [0.5, 0.6) is 0 Å². The van der Waals surface area contributed by atoms with Crippen molar-refractivity contribution in [2.24, 2.45) is 11.8 Å². The number of nitriles is 1. The molecule has 0 amide bonds. The number of rotatable bonds is 2. The summed E-state index contributed by atoms with van der Waals surface area (Å²) in [4.78, 5) is 6.55. The Morgan fingerprint density at radius 1 is 1.41 bits per heavy atom. The van der Waals surface area contributed by atoms with Crippen LogP contribution in [0.25, 0.3) is 0 Å². The van der Waals surface area contributed by atoms with Gasteiger partial charge in [-0.3, -0.25) is 0 Å². The van der Waals surface area contributed by atoms with Crippen LogP contribution in [0.1, 0.15) is 31.9 Å². The molecule has 1 aromatic rings. The molecule has 0 aromatic carbocycles. The van der Waals surface area contributed by atoms with Crippen molar-refractivity contribution in [3.05, 3.63) is 23.9 Å². The molecule has 5 heteroatoms. The van der Waals surface area contributed by atoms with Gasteiger partial charge >= 0.3 is 0 Å². The average Bonchev–Trinajstić information content (AvgIpc) is 2.58. The Balaban J connectivity index is 1.72. The highest BCUT2D eigenvalue weighted by Crippen LogP contribution is 2.40. The highest BCUT2D eigenvalue weighted by molar-refractivity contribution is 5.42. The third-order valence-electron chi connectivity index (χ3n) is 5.23. The van der Waals surface area contributed by atoms with E-state index in [1.165, 1.54) is 0 Å². The van der Waals surface area contributed by atoms with Crippen LogP contribution in [0, 0.1) is 23.2 Å². The molecular weight excluding hydrogens is 278 g/mol. The number of hydrogen-bond donors (Lipinski definition) is 1. The second-order valence-electron chi connectivity index (χ2n) is 6.47. The number of pyridine rings is 1. The summed E-state index contributed by atoms with van der Waals surface area (Å²) in [6.45, 7) is 5.19. The molecule has 1 aromatic heterocycles. The number of anilines is 1. The minimum absolute atomic E-state index is 0.178. The Bertz CT molecular complexity index is 565. The van der Waals surface area contributed by atoms with Crippen LogP contribution in [0.4, 0.5) is 5.82 Å². The van der Waals surface area contributed by atoms with Gasteiger partial charge in [-0.1, -0.05) is 13.0 Å². The quantitative estimate of drug-likeness (QED) is 0.904. The van der Waals surface area contributed by atoms with Gasteiger partial charge in [0.1, 0.15) is 17.6 Å². The van der Waals surface area contributed by atoms with Gasteiger partial charge < -0.3 is 14.7 Å². The SMILES string of the molecule is CC1CN(c2cccc(C#N)n2)CC[C@@]1(O)C1CCOCC1. The predicted octanol–water partition coefficient (Wildman–Crippen LogP) is 1.96. The third kappa shape index (κ3) is 2.81. The van der Waals surface area contributed by atoms with Crippen LogP contribution < -0.4 is 4.90 Å². The average molecular weight is 301 g/mol. The summed E-state index contributed by atoms with van der Waals surface area (Å²) >= 11 is 0. The molecule has 1 N–H and O–H groups in total. The lowest BCUT2D eigenvalue weighted by atomic mass is 9.70. The number of aromatic nitrogens is 1. The third-order valence-corrected chi connectivity index (χ3v) is 5.23. The standard InChI is InChI=1S/C17H23N3O2/c1-13-12-20(16-4-2-3-15(11-18)19-16)8-7-17(13,21)14-5-9-22-10-6-14/h2-4,13-14,21H,5-10,12H2,1H3/t13?,17-/m0/s1. The molecule has 0 radical (unpaired) electrons. The van der Waals surface area contributed by atoms with Crippen LogP contribution in [0.3, 0.4) is 0 Å². The number of ether oxygens (including phenoxy) is 1. The van der Waals surface area contributed by atoms with Gasteiger partial charge in [0.05, 0.1) is 5.60 Å². The van der Waals surface area contributed by atoms with Crippen molar-refractivity contribution in [2.75, 3.05) is 31.2 Å². The maximum absolute atomic E-state index is 11.2. The summed E-state index contributed by atoms with van der Waals surface area (Å²) in [5.74, 6) is 1.34. The zero-order chi connectivity index (χ0) is 15.6. The van der Waals surface area contributed by atoms with Crippen molar-refractivity contribution in [1.29, 1.82) is 5.26 Å². The van der Waals surface area contributed by atoms with Crippen LogP contribution in [-0.4, -0.2) is 42.0 Å². The monoisotopic (exact) mass is 301 g/mol. The highest BCUT2D eigenvalue weighted by Gasteiger charge is 2.45. The first-order valence-corrected chi connectivity index (χ1v) is 8.05. The maximum Gasteiger partial charge on any atom is 0.142 e. The number of aliphatic hydroxyl groups is 1. The van der Waals surface area contributed by atoms with E-state index >= 15 is 0 Å². The summed E-state index contributed by atoms with van der Waals surface area (Å²) in [5.41, 5.74) is -0.164. The number of hydrogen-bond acceptors (Lipinski definition) is 5. The first-order chi connectivity index (χ1) is 10.6. The lowest BCUT2D eigenvalue weighted by Gasteiger charge is -2.48. The van der Waals surface area contributed by atoms with Gasteiger partial charge in [0, 0.05) is 32.2 Å².